The molecule has 0 radical (unpaired) electrons. The van der Waals surface area contributed by atoms with Gasteiger partial charge in [-0.15, -0.1) is 0 Å². The summed E-state index contributed by atoms with van der Waals surface area (Å²) < 4.78 is 44.4. The lowest BCUT2D eigenvalue weighted by Crippen LogP contribution is -2.60. The predicted molar refractivity (Wildman–Crippen MR) is 111 cm³/mol. The van der Waals surface area contributed by atoms with E-state index in [0.29, 0.717) is 43.2 Å². The first-order valence-corrected chi connectivity index (χ1v) is 10.5. The van der Waals surface area contributed by atoms with Crippen LogP contribution in [0.5, 0.6) is 5.75 Å². The van der Waals surface area contributed by atoms with E-state index in [-0.39, 0.29) is 18.7 Å². The fourth-order valence-corrected chi connectivity index (χ4v) is 4.49. The number of hydrogen-bond donors (Lipinski definition) is 3. The van der Waals surface area contributed by atoms with Crippen LogP contribution in [0.2, 0.25) is 0 Å². The molecule has 0 saturated carbocycles. The van der Waals surface area contributed by atoms with Crippen LogP contribution < -0.4 is 15.0 Å². The number of aromatic nitrogens is 2. The molecule has 3 N–H and O–H groups in total. The molecular formula is C22H27F3N4O3. The molecule has 1 aromatic heterocycles. The number of rotatable bonds is 5. The van der Waals surface area contributed by atoms with Crippen molar-refractivity contribution >= 4 is 5.95 Å². The first-order valence-electron chi connectivity index (χ1n) is 10.5. The molecule has 0 aliphatic carbocycles. The Labute approximate surface area is 184 Å². The van der Waals surface area contributed by atoms with Gasteiger partial charge in [-0.3, -0.25) is 0 Å². The summed E-state index contributed by atoms with van der Waals surface area (Å²) in [6, 6.07) is 4.43. The third kappa shape index (κ3) is 4.97. The van der Waals surface area contributed by atoms with Crippen LogP contribution >= 0.6 is 0 Å². The number of hydrogen-bond acceptors (Lipinski definition) is 7. The van der Waals surface area contributed by atoms with Gasteiger partial charge in [0.05, 0.1) is 42.2 Å². The van der Waals surface area contributed by atoms with E-state index >= 15 is 0 Å². The molecule has 3 heterocycles. The number of alkyl halides is 3. The smallest absolute Gasteiger partial charge is 0.416 e. The summed E-state index contributed by atoms with van der Waals surface area (Å²) in [4.78, 5) is 10.4. The molecule has 32 heavy (non-hydrogen) atoms. The van der Waals surface area contributed by atoms with Gasteiger partial charge in [0, 0.05) is 12.1 Å². The SMILES string of the molecule is CC1CC(O)(c2ccc(C(F)(F)F)cc2)CC(COc2cnc(N3CC(C)(O)C3)nc2)N1. The maximum absolute atomic E-state index is 12.9. The Kier molecular flexibility index (Phi) is 5.81. The monoisotopic (exact) mass is 452 g/mol. The van der Waals surface area contributed by atoms with E-state index in [4.69, 9.17) is 4.74 Å². The molecule has 3 atom stereocenters. The van der Waals surface area contributed by atoms with Crippen molar-refractivity contribution in [3.63, 3.8) is 0 Å². The molecule has 2 fully saturated rings. The Morgan fingerprint density at radius 3 is 2.31 bits per heavy atom. The van der Waals surface area contributed by atoms with Gasteiger partial charge in [-0.2, -0.15) is 13.2 Å². The van der Waals surface area contributed by atoms with E-state index in [0.717, 1.165) is 12.1 Å². The van der Waals surface area contributed by atoms with Gasteiger partial charge in [-0.1, -0.05) is 12.1 Å². The first kappa shape index (κ1) is 22.8. The van der Waals surface area contributed by atoms with Gasteiger partial charge in [0.1, 0.15) is 6.61 Å². The van der Waals surface area contributed by atoms with Crippen molar-refractivity contribution < 1.29 is 28.1 Å². The van der Waals surface area contributed by atoms with Crippen molar-refractivity contribution in [1.82, 2.24) is 15.3 Å². The van der Waals surface area contributed by atoms with E-state index < -0.39 is 22.9 Å². The average molecular weight is 452 g/mol. The van der Waals surface area contributed by atoms with Crippen molar-refractivity contribution in [1.29, 1.82) is 0 Å². The number of anilines is 1. The van der Waals surface area contributed by atoms with Crippen LogP contribution in [-0.2, 0) is 11.8 Å². The molecule has 2 aliphatic heterocycles. The minimum Gasteiger partial charge on any atom is -0.489 e. The average Bonchev–Trinajstić information content (AvgIpc) is 2.70. The Morgan fingerprint density at radius 1 is 1.12 bits per heavy atom. The predicted octanol–water partition coefficient (Wildman–Crippen LogP) is 2.47. The summed E-state index contributed by atoms with van der Waals surface area (Å²) >= 11 is 0. The molecule has 3 unspecified atom stereocenters. The topological polar surface area (TPSA) is 90.7 Å². The largest absolute Gasteiger partial charge is 0.489 e. The van der Waals surface area contributed by atoms with Crippen molar-refractivity contribution in [2.75, 3.05) is 24.6 Å². The van der Waals surface area contributed by atoms with Crippen LogP contribution in [-0.4, -0.2) is 57.6 Å². The minimum atomic E-state index is -4.41. The van der Waals surface area contributed by atoms with Gasteiger partial charge in [-0.25, -0.2) is 9.97 Å². The van der Waals surface area contributed by atoms with E-state index in [9.17, 15) is 23.4 Å². The summed E-state index contributed by atoms with van der Waals surface area (Å²) in [6.07, 6.45) is -0.617. The molecule has 0 amide bonds. The highest BCUT2D eigenvalue weighted by Crippen LogP contribution is 2.37. The number of β-amino-alcohol motifs (C(OH)–C–C–N with tert-alkyl or cyclic N) is 1. The summed E-state index contributed by atoms with van der Waals surface area (Å²) in [7, 11) is 0. The van der Waals surface area contributed by atoms with Crippen LogP contribution in [0.25, 0.3) is 0 Å². The number of aliphatic hydroxyl groups is 2. The number of piperidine rings is 1. The van der Waals surface area contributed by atoms with Gasteiger partial charge in [0.25, 0.3) is 0 Å². The van der Waals surface area contributed by atoms with Crippen LogP contribution in [0.4, 0.5) is 19.1 Å². The van der Waals surface area contributed by atoms with Crippen LogP contribution in [0.15, 0.2) is 36.7 Å². The zero-order valence-corrected chi connectivity index (χ0v) is 17.9. The second kappa shape index (κ2) is 8.17. The summed E-state index contributed by atoms with van der Waals surface area (Å²) in [5.74, 6) is 0.990. The Bertz CT molecular complexity index is 929. The van der Waals surface area contributed by atoms with Gasteiger partial charge >= 0.3 is 6.18 Å². The highest BCUT2D eigenvalue weighted by atomic mass is 19.4. The molecule has 0 bridgehead atoms. The third-order valence-corrected chi connectivity index (χ3v) is 5.91. The van der Waals surface area contributed by atoms with Gasteiger partial charge in [0.15, 0.2) is 5.75 Å². The summed E-state index contributed by atoms with van der Waals surface area (Å²) in [5.41, 5.74) is -2.25. The fraction of sp³-hybridized carbons (Fsp3) is 0.545. The fourth-order valence-electron chi connectivity index (χ4n) is 4.49. The lowest BCUT2D eigenvalue weighted by Gasteiger charge is -2.44. The Morgan fingerprint density at radius 2 is 1.75 bits per heavy atom. The molecule has 4 rings (SSSR count). The standard InChI is InChI=1S/C22H27F3N4O3/c1-14-7-21(31,15-3-5-16(6-4-15)22(23,24)25)8-17(28-14)11-32-18-9-26-19(27-10-18)29-12-20(2,30)13-29/h3-6,9-10,14,17,28,30-31H,7-8,11-13H2,1-2H3. The van der Waals surface area contributed by atoms with Gasteiger partial charge in [-0.05, 0) is 44.4 Å². The molecule has 2 aliphatic rings. The maximum atomic E-state index is 12.9. The highest BCUT2D eigenvalue weighted by Gasteiger charge is 2.40. The van der Waals surface area contributed by atoms with Crippen molar-refractivity contribution in [2.24, 2.45) is 0 Å². The second-order valence-electron chi connectivity index (χ2n) is 9.16. The van der Waals surface area contributed by atoms with Crippen molar-refractivity contribution in [3.8, 4) is 5.75 Å². The molecule has 2 aromatic rings. The molecule has 174 valence electrons. The lowest BCUT2D eigenvalue weighted by molar-refractivity contribution is -0.137. The summed E-state index contributed by atoms with van der Waals surface area (Å²) in [6.45, 7) is 4.86. The number of benzene rings is 1. The number of nitrogens with one attached hydrogen (secondary N) is 1. The van der Waals surface area contributed by atoms with Gasteiger partial charge in [0.2, 0.25) is 5.95 Å². The number of ether oxygens (including phenoxy) is 1. The molecule has 1 aromatic carbocycles. The second-order valence-corrected chi connectivity index (χ2v) is 9.16. The van der Waals surface area contributed by atoms with E-state index in [1.807, 2.05) is 11.8 Å². The quantitative estimate of drug-likeness (QED) is 0.642. The molecule has 2 saturated heterocycles. The number of halogens is 3. The highest BCUT2D eigenvalue weighted by molar-refractivity contribution is 5.37. The van der Waals surface area contributed by atoms with Crippen LogP contribution in [0.3, 0.4) is 0 Å². The molecular weight excluding hydrogens is 425 g/mol. The van der Waals surface area contributed by atoms with Crippen molar-refractivity contribution in [3.05, 3.63) is 47.8 Å². The third-order valence-electron chi connectivity index (χ3n) is 5.91. The normalized spacial score (nSPS) is 27.7. The molecule has 0 spiro atoms. The molecule has 10 heteroatoms. The van der Waals surface area contributed by atoms with E-state index in [2.05, 4.69) is 15.3 Å². The minimum absolute atomic E-state index is 0.0533. The zero-order chi connectivity index (χ0) is 23.1. The van der Waals surface area contributed by atoms with Crippen molar-refractivity contribution in [2.45, 2.75) is 56.2 Å². The summed E-state index contributed by atoms with van der Waals surface area (Å²) in [5, 5.41) is 24.4. The van der Waals surface area contributed by atoms with Gasteiger partial charge < -0.3 is 25.2 Å². The zero-order valence-electron chi connectivity index (χ0n) is 17.9. The first-order chi connectivity index (χ1) is 14.9. The Hall–Kier alpha value is -2.43. The maximum Gasteiger partial charge on any atom is 0.416 e. The van der Waals surface area contributed by atoms with E-state index in [1.165, 1.54) is 12.1 Å². The van der Waals surface area contributed by atoms with Crippen LogP contribution in [0.1, 0.15) is 37.8 Å². The lowest BCUT2D eigenvalue weighted by atomic mass is 9.79. The Balaban J connectivity index is 1.37. The molecule has 7 nitrogen and oxygen atoms in total. The van der Waals surface area contributed by atoms with Crippen LogP contribution in [0, 0.1) is 0 Å². The number of nitrogens with zero attached hydrogens (tertiary/aromatic N) is 3. The van der Waals surface area contributed by atoms with E-state index in [1.54, 1.807) is 19.3 Å².